The number of ketones is 1. The molecule has 0 saturated carbocycles. The number of carbonyl (C=O) groups is 2. The van der Waals surface area contributed by atoms with Crippen molar-refractivity contribution in [1.82, 2.24) is 5.32 Å². The quantitative estimate of drug-likeness (QED) is 0.712. The van der Waals surface area contributed by atoms with Crippen molar-refractivity contribution in [3.8, 4) is 0 Å². The topological polar surface area (TPSA) is 46.2 Å². The molecule has 1 unspecified atom stereocenters. The van der Waals surface area contributed by atoms with Gasteiger partial charge in [0.15, 0.2) is 5.78 Å². The van der Waals surface area contributed by atoms with Crippen LogP contribution in [-0.4, -0.2) is 11.7 Å². The molecular formula is C21H16FNO2. The second-order valence-electron chi connectivity index (χ2n) is 5.55. The third-order valence-corrected chi connectivity index (χ3v) is 3.84. The summed E-state index contributed by atoms with van der Waals surface area (Å²) in [5.74, 6) is -1.05. The van der Waals surface area contributed by atoms with Gasteiger partial charge >= 0.3 is 0 Å². The van der Waals surface area contributed by atoms with Gasteiger partial charge in [-0.25, -0.2) is 4.39 Å². The van der Waals surface area contributed by atoms with Crippen LogP contribution in [0.25, 0.3) is 0 Å². The number of benzene rings is 3. The van der Waals surface area contributed by atoms with E-state index in [1.807, 2.05) is 12.1 Å². The molecule has 0 aliphatic heterocycles. The molecule has 1 N–H and O–H groups in total. The smallest absolute Gasteiger partial charge is 0.252 e. The average molecular weight is 333 g/mol. The van der Waals surface area contributed by atoms with Gasteiger partial charge in [0.2, 0.25) is 0 Å². The van der Waals surface area contributed by atoms with Crippen molar-refractivity contribution < 1.29 is 14.0 Å². The van der Waals surface area contributed by atoms with Crippen LogP contribution < -0.4 is 5.32 Å². The van der Waals surface area contributed by atoms with Crippen LogP contribution in [0.2, 0.25) is 0 Å². The SMILES string of the molecule is O=C(NC(C(=O)c1ccc(F)cc1)c1ccccc1)c1ccccc1. The Morgan fingerprint density at radius 2 is 1.28 bits per heavy atom. The maximum absolute atomic E-state index is 13.1. The van der Waals surface area contributed by atoms with Crippen molar-refractivity contribution in [3.63, 3.8) is 0 Å². The number of Topliss-reactive ketones (excluding diaryl/α,β-unsaturated/α-hetero) is 1. The molecule has 3 nitrogen and oxygen atoms in total. The number of nitrogens with one attached hydrogen (secondary N) is 1. The number of halogens is 1. The van der Waals surface area contributed by atoms with Crippen LogP contribution in [0.1, 0.15) is 32.3 Å². The zero-order valence-electron chi connectivity index (χ0n) is 13.4. The van der Waals surface area contributed by atoms with E-state index in [-0.39, 0.29) is 11.7 Å². The van der Waals surface area contributed by atoms with Crippen LogP contribution in [0, 0.1) is 5.82 Å². The summed E-state index contributed by atoms with van der Waals surface area (Å²) in [6.07, 6.45) is 0. The molecule has 0 aromatic heterocycles. The summed E-state index contributed by atoms with van der Waals surface area (Å²) in [5, 5.41) is 2.78. The molecule has 0 radical (unpaired) electrons. The van der Waals surface area contributed by atoms with E-state index >= 15 is 0 Å². The molecule has 0 heterocycles. The Kier molecular flexibility index (Phi) is 5.00. The Morgan fingerprint density at radius 3 is 1.88 bits per heavy atom. The van der Waals surface area contributed by atoms with Crippen LogP contribution in [0.4, 0.5) is 4.39 Å². The standard InChI is InChI=1S/C21H16FNO2/c22-18-13-11-16(12-14-18)20(24)19(15-7-3-1-4-8-15)23-21(25)17-9-5-2-6-10-17/h1-14,19H,(H,23,25). The van der Waals surface area contributed by atoms with Gasteiger partial charge in [-0.3, -0.25) is 9.59 Å². The van der Waals surface area contributed by atoms with Gasteiger partial charge in [-0.05, 0) is 42.0 Å². The molecule has 3 rings (SSSR count). The highest BCUT2D eigenvalue weighted by Crippen LogP contribution is 2.19. The Labute approximate surface area is 145 Å². The Balaban J connectivity index is 1.91. The van der Waals surface area contributed by atoms with Crippen LogP contribution >= 0.6 is 0 Å². The highest BCUT2D eigenvalue weighted by atomic mass is 19.1. The minimum absolute atomic E-state index is 0.296. The van der Waals surface area contributed by atoms with Crippen LogP contribution in [-0.2, 0) is 0 Å². The van der Waals surface area contributed by atoms with Crippen LogP contribution in [0.5, 0.6) is 0 Å². The molecular weight excluding hydrogens is 317 g/mol. The first-order valence-corrected chi connectivity index (χ1v) is 7.86. The molecule has 4 heteroatoms. The van der Waals surface area contributed by atoms with Gasteiger partial charge in [0, 0.05) is 11.1 Å². The van der Waals surface area contributed by atoms with Crippen molar-refractivity contribution in [1.29, 1.82) is 0 Å². The first-order valence-electron chi connectivity index (χ1n) is 7.86. The molecule has 0 fully saturated rings. The van der Waals surface area contributed by atoms with Crippen LogP contribution in [0.3, 0.4) is 0 Å². The third-order valence-electron chi connectivity index (χ3n) is 3.84. The van der Waals surface area contributed by atoms with Crippen molar-refractivity contribution >= 4 is 11.7 Å². The maximum atomic E-state index is 13.1. The first kappa shape index (κ1) is 16.6. The van der Waals surface area contributed by atoms with Crippen molar-refractivity contribution in [2.75, 3.05) is 0 Å². The highest BCUT2D eigenvalue weighted by Gasteiger charge is 2.24. The Hall–Kier alpha value is -3.27. The second-order valence-corrected chi connectivity index (χ2v) is 5.55. The molecule has 0 aliphatic carbocycles. The average Bonchev–Trinajstić information content (AvgIpc) is 2.67. The van der Waals surface area contributed by atoms with Crippen molar-refractivity contribution in [2.24, 2.45) is 0 Å². The molecule has 0 spiro atoms. The monoisotopic (exact) mass is 333 g/mol. The zero-order chi connectivity index (χ0) is 17.6. The predicted molar refractivity (Wildman–Crippen MR) is 93.8 cm³/mol. The normalized spacial score (nSPS) is 11.6. The number of carbonyl (C=O) groups excluding carboxylic acids is 2. The van der Waals surface area contributed by atoms with E-state index < -0.39 is 11.9 Å². The lowest BCUT2D eigenvalue weighted by Gasteiger charge is -2.18. The largest absolute Gasteiger partial charge is 0.338 e. The van der Waals surface area contributed by atoms with Gasteiger partial charge in [0.1, 0.15) is 11.9 Å². The molecule has 124 valence electrons. The molecule has 0 bridgehead atoms. The van der Waals surface area contributed by atoms with Gasteiger partial charge in [-0.1, -0.05) is 48.5 Å². The van der Waals surface area contributed by atoms with Crippen molar-refractivity contribution in [2.45, 2.75) is 6.04 Å². The highest BCUT2D eigenvalue weighted by molar-refractivity contribution is 6.04. The lowest BCUT2D eigenvalue weighted by Crippen LogP contribution is -2.34. The fourth-order valence-electron chi connectivity index (χ4n) is 2.53. The summed E-state index contributed by atoms with van der Waals surface area (Å²) in [6, 6.07) is 22.1. The minimum Gasteiger partial charge on any atom is -0.338 e. The van der Waals surface area contributed by atoms with E-state index in [9.17, 15) is 14.0 Å². The predicted octanol–water partition coefficient (Wildman–Crippen LogP) is 4.18. The van der Waals surface area contributed by atoms with E-state index in [1.54, 1.807) is 48.5 Å². The molecule has 0 saturated heterocycles. The number of hydrogen-bond donors (Lipinski definition) is 1. The third kappa shape index (κ3) is 3.98. The van der Waals surface area contributed by atoms with Gasteiger partial charge in [0.05, 0.1) is 0 Å². The van der Waals surface area contributed by atoms with Gasteiger partial charge in [-0.2, -0.15) is 0 Å². The lowest BCUT2D eigenvalue weighted by molar-refractivity contribution is 0.0857. The minimum atomic E-state index is -0.848. The summed E-state index contributed by atoms with van der Waals surface area (Å²) in [5.41, 5.74) is 1.47. The molecule has 3 aromatic carbocycles. The van der Waals surface area contributed by atoms with Crippen molar-refractivity contribution in [3.05, 3.63) is 107 Å². The fourth-order valence-corrected chi connectivity index (χ4v) is 2.53. The maximum Gasteiger partial charge on any atom is 0.252 e. The van der Waals surface area contributed by atoms with Gasteiger partial charge < -0.3 is 5.32 Å². The molecule has 1 atom stereocenters. The molecule has 3 aromatic rings. The summed E-state index contributed by atoms with van der Waals surface area (Å²) >= 11 is 0. The number of amides is 1. The van der Waals surface area contributed by atoms with E-state index in [0.717, 1.165) is 0 Å². The fraction of sp³-hybridized carbons (Fsp3) is 0.0476. The molecule has 1 amide bonds. The summed E-state index contributed by atoms with van der Waals surface area (Å²) in [6.45, 7) is 0. The molecule has 0 aliphatic rings. The number of rotatable bonds is 5. The zero-order valence-corrected chi connectivity index (χ0v) is 13.4. The van der Waals surface area contributed by atoms with E-state index in [4.69, 9.17) is 0 Å². The summed E-state index contributed by atoms with van der Waals surface area (Å²) in [7, 11) is 0. The molecule has 25 heavy (non-hydrogen) atoms. The van der Waals surface area contributed by atoms with Gasteiger partial charge in [-0.15, -0.1) is 0 Å². The van der Waals surface area contributed by atoms with Crippen LogP contribution in [0.15, 0.2) is 84.9 Å². The summed E-state index contributed by atoms with van der Waals surface area (Å²) in [4.78, 5) is 25.4. The Morgan fingerprint density at radius 1 is 0.720 bits per heavy atom. The first-order chi connectivity index (χ1) is 12.1. The lowest BCUT2D eigenvalue weighted by atomic mass is 9.97. The van der Waals surface area contributed by atoms with E-state index in [0.29, 0.717) is 16.7 Å². The van der Waals surface area contributed by atoms with E-state index in [2.05, 4.69) is 5.32 Å². The summed E-state index contributed by atoms with van der Waals surface area (Å²) < 4.78 is 13.1. The van der Waals surface area contributed by atoms with E-state index in [1.165, 1.54) is 24.3 Å². The van der Waals surface area contributed by atoms with Gasteiger partial charge in [0.25, 0.3) is 5.91 Å². The Bertz CT molecular complexity index is 861. The second kappa shape index (κ2) is 7.53. The number of hydrogen-bond acceptors (Lipinski definition) is 2.